The maximum Gasteiger partial charge on any atom is 0.259 e. The van der Waals surface area contributed by atoms with E-state index in [4.69, 9.17) is 4.74 Å². The molecule has 12 heteroatoms. The first-order valence-corrected chi connectivity index (χ1v) is 18.3. The largest absolute Gasteiger partial charge is 0.381 e. The van der Waals surface area contributed by atoms with E-state index in [1.165, 1.54) is 11.3 Å². The molecule has 5 heterocycles. The number of ether oxygens (including phenoxy) is 1. The SMILES string of the molecule is Cc1cnc(N2CC3(CCOCC3)C2)c(C(=O)Nc2ccc(C(=O)N3CCc4cc(C(=O)Cc5c(F)cc(F)cc5F)sc4-c4ccccc43)cc2)c1. The lowest BCUT2D eigenvalue weighted by molar-refractivity contribution is -0.000511. The normalized spacial score (nSPS) is 16.0. The number of nitrogens with one attached hydrogen (secondary N) is 1. The smallest absolute Gasteiger partial charge is 0.259 e. The van der Waals surface area contributed by atoms with Gasteiger partial charge in [-0.15, -0.1) is 11.3 Å². The summed E-state index contributed by atoms with van der Waals surface area (Å²) in [4.78, 5) is 50.4. The highest BCUT2D eigenvalue weighted by Gasteiger charge is 2.45. The zero-order valence-electron chi connectivity index (χ0n) is 28.9. The number of carbonyl (C=O) groups excluding carboxylic acids is 3. The molecule has 3 aliphatic rings. The molecule has 8 rings (SSSR count). The zero-order valence-corrected chi connectivity index (χ0v) is 29.7. The second-order valence-corrected chi connectivity index (χ2v) is 15.1. The number of aryl methyl sites for hydroxylation is 1. The Morgan fingerprint density at radius 2 is 1.66 bits per heavy atom. The molecule has 2 aromatic heterocycles. The average Bonchev–Trinajstić information content (AvgIpc) is 3.50. The van der Waals surface area contributed by atoms with Gasteiger partial charge in [0.2, 0.25) is 0 Å². The third-order valence-electron chi connectivity index (χ3n) is 10.4. The summed E-state index contributed by atoms with van der Waals surface area (Å²) in [6.45, 7) is 5.44. The topological polar surface area (TPSA) is 91.8 Å². The Morgan fingerprint density at radius 3 is 2.40 bits per heavy atom. The van der Waals surface area contributed by atoms with Gasteiger partial charge in [0.1, 0.15) is 23.3 Å². The minimum absolute atomic E-state index is 0.221. The number of para-hydroxylation sites is 1. The lowest BCUT2D eigenvalue weighted by Crippen LogP contribution is -2.59. The molecule has 2 saturated heterocycles. The lowest BCUT2D eigenvalue weighted by Gasteiger charge is -2.53. The molecule has 8 nitrogen and oxygen atoms in total. The number of amides is 2. The van der Waals surface area contributed by atoms with Crippen molar-refractivity contribution in [3.63, 3.8) is 0 Å². The van der Waals surface area contributed by atoms with E-state index in [0.717, 1.165) is 60.7 Å². The second kappa shape index (κ2) is 13.9. The molecule has 2 fully saturated rings. The number of pyridine rings is 1. The van der Waals surface area contributed by atoms with Gasteiger partial charge in [0.25, 0.3) is 11.8 Å². The first kappa shape index (κ1) is 34.7. The molecule has 1 spiro atoms. The zero-order chi connectivity index (χ0) is 36.9. The maximum absolute atomic E-state index is 14.3. The van der Waals surface area contributed by atoms with Gasteiger partial charge in [-0.2, -0.15) is 0 Å². The predicted octanol–water partition coefficient (Wildman–Crippen LogP) is 8.03. The highest BCUT2D eigenvalue weighted by atomic mass is 32.1. The van der Waals surface area contributed by atoms with E-state index in [1.807, 2.05) is 37.3 Å². The summed E-state index contributed by atoms with van der Waals surface area (Å²) >= 11 is 1.20. The quantitative estimate of drug-likeness (QED) is 0.170. The molecule has 0 radical (unpaired) electrons. The van der Waals surface area contributed by atoms with Crippen LogP contribution in [0.3, 0.4) is 0 Å². The van der Waals surface area contributed by atoms with Crippen molar-refractivity contribution in [1.82, 2.24) is 4.98 Å². The van der Waals surface area contributed by atoms with Crippen LogP contribution < -0.4 is 15.1 Å². The summed E-state index contributed by atoms with van der Waals surface area (Å²) in [5, 5.41) is 2.98. The van der Waals surface area contributed by atoms with Crippen LogP contribution in [0.25, 0.3) is 10.4 Å². The molecule has 0 aliphatic carbocycles. The number of anilines is 3. The van der Waals surface area contributed by atoms with Crippen molar-refractivity contribution in [3.8, 4) is 10.4 Å². The number of hydrogen-bond donors (Lipinski definition) is 1. The van der Waals surface area contributed by atoms with Crippen LogP contribution in [-0.2, 0) is 17.6 Å². The van der Waals surface area contributed by atoms with E-state index in [9.17, 15) is 27.6 Å². The number of hydrogen-bond acceptors (Lipinski definition) is 7. The van der Waals surface area contributed by atoms with Crippen LogP contribution in [0.15, 0.2) is 79.0 Å². The Hall–Kier alpha value is -5.33. The molecule has 1 N–H and O–H groups in total. The molecule has 3 aliphatic heterocycles. The van der Waals surface area contributed by atoms with E-state index in [2.05, 4.69) is 15.2 Å². The standard InChI is InChI=1S/C41H35F3N4O4S/c1-24-16-31(38(45-21-24)47-22-41(23-47)11-14-52-15-12-41)39(50)46-28-8-6-25(7-9-28)40(51)48-13-10-26-17-36(53-37(26)29-4-2-3-5-34(29)48)35(49)20-30-32(43)18-27(42)19-33(30)44/h2-9,16-19,21H,10-15,20,22-23H2,1H3,(H,46,50). The van der Waals surface area contributed by atoms with Gasteiger partial charge in [-0.05, 0) is 79.8 Å². The van der Waals surface area contributed by atoms with E-state index in [-0.39, 0.29) is 17.2 Å². The number of benzene rings is 3. The summed E-state index contributed by atoms with van der Waals surface area (Å²) in [5.41, 5.74) is 4.36. The van der Waals surface area contributed by atoms with Gasteiger partial charge in [-0.1, -0.05) is 18.2 Å². The monoisotopic (exact) mass is 736 g/mol. The minimum atomic E-state index is -1.10. The van der Waals surface area contributed by atoms with E-state index in [0.29, 0.717) is 58.3 Å². The first-order valence-electron chi connectivity index (χ1n) is 17.5. The highest BCUT2D eigenvalue weighted by Crippen LogP contribution is 2.44. The van der Waals surface area contributed by atoms with Crippen molar-refractivity contribution in [2.75, 3.05) is 48.0 Å². The number of rotatable bonds is 7. The number of nitrogens with zero attached hydrogens (tertiary/aromatic N) is 3. The van der Waals surface area contributed by atoms with Gasteiger partial charge in [0.15, 0.2) is 5.78 Å². The summed E-state index contributed by atoms with van der Waals surface area (Å²) in [6, 6.07) is 18.9. The average molecular weight is 737 g/mol. The van der Waals surface area contributed by atoms with Crippen LogP contribution in [0.2, 0.25) is 0 Å². The Labute approximate surface area is 308 Å². The Bertz CT molecular complexity index is 2240. The van der Waals surface area contributed by atoms with Crippen molar-refractivity contribution in [2.45, 2.75) is 32.6 Å². The van der Waals surface area contributed by atoms with Crippen LogP contribution in [0.4, 0.5) is 30.4 Å². The molecular weight excluding hydrogens is 702 g/mol. The van der Waals surface area contributed by atoms with E-state index < -0.39 is 35.2 Å². The molecule has 0 bridgehead atoms. The number of aromatic nitrogens is 1. The van der Waals surface area contributed by atoms with Crippen LogP contribution in [-0.4, -0.2) is 55.4 Å². The van der Waals surface area contributed by atoms with Crippen LogP contribution in [0.5, 0.6) is 0 Å². The fourth-order valence-corrected chi connectivity index (χ4v) is 8.68. The summed E-state index contributed by atoms with van der Waals surface area (Å²) in [6.07, 6.45) is 3.69. The van der Waals surface area contributed by atoms with Gasteiger partial charge < -0.3 is 19.9 Å². The van der Waals surface area contributed by atoms with Gasteiger partial charge in [0, 0.05) is 90.3 Å². The van der Waals surface area contributed by atoms with Crippen LogP contribution >= 0.6 is 11.3 Å². The Kier molecular flexibility index (Phi) is 9.11. The third-order valence-corrected chi connectivity index (χ3v) is 11.6. The van der Waals surface area contributed by atoms with Crippen LogP contribution in [0, 0.1) is 29.8 Å². The highest BCUT2D eigenvalue weighted by molar-refractivity contribution is 7.17. The minimum Gasteiger partial charge on any atom is -0.381 e. The lowest BCUT2D eigenvalue weighted by atomic mass is 9.73. The molecule has 53 heavy (non-hydrogen) atoms. The molecule has 270 valence electrons. The van der Waals surface area contributed by atoms with E-state index in [1.54, 1.807) is 41.4 Å². The van der Waals surface area contributed by atoms with Crippen molar-refractivity contribution in [3.05, 3.63) is 129 Å². The number of carbonyl (C=O) groups is 3. The Balaban J connectivity index is 0.975. The molecule has 3 aromatic carbocycles. The van der Waals surface area contributed by atoms with Crippen molar-refractivity contribution in [1.29, 1.82) is 0 Å². The van der Waals surface area contributed by atoms with Crippen LogP contribution in [0.1, 0.15) is 59.9 Å². The maximum atomic E-state index is 14.3. The Morgan fingerprint density at radius 1 is 0.943 bits per heavy atom. The fourth-order valence-electron chi connectivity index (χ4n) is 7.50. The molecule has 0 atom stereocenters. The summed E-state index contributed by atoms with van der Waals surface area (Å²) in [7, 11) is 0. The van der Waals surface area contributed by atoms with Gasteiger partial charge in [-0.25, -0.2) is 18.2 Å². The van der Waals surface area contributed by atoms with E-state index >= 15 is 0 Å². The second-order valence-electron chi connectivity index (χ2n) is 14.0. The van der Waals surface area contributed by atoms with Gasteiger partial charge in [-0.3, -0.25) is 14.4 Å². The van der Waals surface area contributed by atoms with Crippen molar-refractivity contribution in [2.24, 2.45) is 5.41 Å². The molecular formula is C41H35F3N4O4S. The third kappa shape index (κ3) is 6.73. The van der Waals surface area contributed by atoms with Gasteiger partial charge >= 0.3 is 0 Å². The van der Waals surface area contributed by atoms with Crippen molar-refractivity contribution < 1.29 is 32.3 Å². The van der Waals surface area contributed by atoms with Gasteiger partial charge in [0.05, 0.1) is 16.1 Å². The number of ketones is 1. The molecule has 0 saturated carbocycles. The number of thiophene rings is 1. The molecule has 5 aromatic rings. The number of Topliss-reactive ketones (excluding diaryl/α,β-unsaturated/α-hetero) is 1. The molecule has 2 amide bonds. The summed E-state index contributed by atoms with van der Waals surface area (Å²) in [5.74, 6) is -3.58. The molecule has 0 unspecified atom stereocenters. The van der Waals surface area contributed by atoms with Crippen molar-refractivity contribution >= 4 is 46.1 Å². The fraction of sp³-hybridized carbons (Fsp3) is 0.268. The predicted molar refractivity (Wildman–Crippen MR) is 198 cm³/mol. The summed E-state index contributed by atoms with van der Waals surface area (Å²) < 4.78 is 47.6. The first-order chi connectivity index (χ1) is 25.6. The number of halogens is 3. The number of fused-ring (bicyclic) bond motifs is 3.